The first-order valence-electron chi connectivity index (χ1n) is 6.50. The van der Waals surface area contributed by atoms with E-state index in [1.807, 2.05) is 0 Å². The van der Waals surface area contributed by atoms with Crippen LogP contribution < -0.4 is 16.4 Å². The highest BCUT2D eigenvalue weighted by Gasteiger charge is 2.27. The number of carbonyl (C=O) groups is 2. The van der Waals surface area contributed by atoms with Crippen molar-refractivity contribution < 1.29 is 18.4 Å². The van der Waals surface area contributed by atoms with E-state index >= 15 is 0 Å². The minimum Gasteiger partial charge on any atom is -0.350 e. The van der Waals surface area contributed by atoms with Crippen molar-refractivity contribution in [2.75, 3.05) is 13.1 Å². The Kier molecular flexibility index (Phi) is 6.23. The Balaban J connectivity index is 2.65. The van der Waals surface area contributed by atoms with Crippen molar-refractivity contribution in [3.63, 3.8) is 0 Å². The van der Waals surface area contributed by atoms with Gasteiger partial charge in [0.1, 0.15) is 0 Å². The maximum Gasteiger partial charge on any atom is 0.277 e. The third kappa shape index (κ3) is 6.31. The predicted octanol–water partition coefficient (Wildman–Crippen LogP) is 0.964. The molecule has 1 rings (SSSR count). The lowest BCUT2D eigenvalue weighted by Crippen LogP contribution is -2.42. The number of benzene rings is 1. The van der Waals surface area contributed by atoms with E-state index < -0.39 is 31.0 Å². The Hall–Kier alpha value is -2.02. The van der Waals surface area contributed by atoms with E-state index in [4.69, 9.17) is 5.73 Å². The molecule has 1 aromatic rings. The number of amides is 2. The van der Waals surface area contributed by atoms with Crippen LogP contribution in [0.15, 0.2) is 30.3 Å². The van der Waals surface area contributed by atoms with Gasteiger partial charge < -0.3 is 16.4 Å². The van der Waals surface area contributed by atoms with Crippen molar-refractivity contribution in [3.05, 3.63) is 35.9 Å². The first-order valence-corrected chi connectivity index (χ1v) is 6.50. The van der Waals surface area contributed by atoms with Crippen molar-refractivity contribution in [2.24, 2.45) is 5.73 Å². The summed E-state index contributed by atoms with van der Waals surface area (Å²) in [6, 6.07) is 8.28. The monoisotopic (exact) mass is 299 g/mol. The fourth-order valence-electron chi connectivity index (χ4n) is 1.74. The Morgan fingerprint density at radius 3 is 2.43 bits per heavy atom. The van der Waals surface area contributed by atoms with Crippen LogP contribution in [0.4, 0.5) is 8.78 Å². The van der Waals surface area contributed by atoms with Gasteiger partial charge in [-0.15, -0.1) is 0 Å². The molecule has 0 spiro atoms. The van der Waals surface area contributed by atoms with E-state index in [2.05, 4.69) is 10.6 Å². The summed E-state index contributed by atoms with van der Waals surface area (Å²) in [5.41, 5.74) is 5.62. The summed E-state index contributed by atoms with van der Waals surface area (Å²) in [5.74, 6) is -4.01. The van der Waals surface area contributed by atoms with Gasteiger partial charge in [0, 0.05) is 6.92 Å². The van der Waals surface area contributed by atoms with Gasteiger partial charge >= 0.3 is 0 Å². The van der Waals surface area contributed by atoms with Crippen LogP contribution in [0, 0.1) is 0 Å². The predicted molar refractivity (Wildman–Crippen MR) is 74.6 cm³/mol. The van der Waals surface area contributed by atoms with Gasteiger partial charge in [-0.05, 0) is 5.56 Å². The van der Waals surface area contributed by atoms with Crippen LogP contribution in [-0.4, -0.2) is 30.8 Å². The zero-order chi connectivity index (χ0) is 15.9. The molecule has 0 saturated carbocycles. The van der Waals surface area contributed by atoms with Crippen molar-refractivity contribution >= 4 is 11.8 Å². The van der Waals surface area contributed by atoms with Gasteiger partial charge in [-0.3, -0.25) is 9.59 Å². The molecule has 116 valence electrons. The molecule has 21 heavy (non-hydrogen) atoms. The first-order chi connectivity index (χ1) is 9.84. The quantitative estimate of drug-likeness (QED) is 0.701. The number of nitrogens with two attached hydrogens (primary N) is 1. The highest BCUT2D eigenvalue weighted by Crippen LogP contribution is 2.17. The molecule has 0 aromatic heterocycles. The lowest BCUT2D eigenvalue weighted by molar-refractivity contribution is -0.124. The normalized spacial score (nSPS) is 12.6. The van der Waals surface area contributed by atoms with Crippen LogP contribution in [0.1, 0.15) is 24.9 Å². The van der Waals surface area contributed by atoms with Crippen LogP contribution in [0.2, 0.25) is 0 Å². The standard InChI is InChI=1S/C14H19F2N3O2/c1-10(20)19-12(11-5-3-2-4-6-11)7-13(21)18-9-14(15,16)8-17/h2-6,12H,7-9,17H2,1H3,(H,18,21)(H,19,20). The molecule has 0 heterocycles. The Bertz CT molecular complexity index is 480. The third-order valence-corrected chi connectivity index (χ3v) is 2.81. The van der Waals surface area contributed by atoms with E-state index in [1.165, 1.54) is 6.92 Å². The fraction of sp³-hybridized carbons (Fsp3) is 0.429. The summed E-state index contributed by atoms with van der Waals surface area (Å²) in [4.78, 5) is 22.9. The fourth-order valence-corrected chi connectivity index (χ4v) is 1.74. The van der Waals surface area contributed by atoms with Gasteiger partial charge in [0.15, 0.2) is 0 Å². The average Bonchev–Trinajstić information content (AvgIpc) is 2.45. The largest absolute Gasteiger partial charge is 0.350 e. The number of halogens is 2. The number of hydrogen-bond donors (Lipinski definition) is 3. The molecule has 0 saturated heterocycles. The number of carbonyl (C=O) groups excluding carboxylic acids is 2. The minimum atomic E-state index is -3.13. The molecule has 1 unspecified atom stereocenters. The van der Waals surface area contributed by atoms with Crippen molar-refractivity contribution in [2.45, 2.75) is 25.3 Å². The van der Waals surface area contributed by atoms with Gasteiger partial charge in [-0.2, -0.15) is 0 Å². The van der Waals surface area contributed by atoms with Gasteiger partial charge in [-0.1, -0.05) is 30.3 Å². The van der Waals surface area contributed by atoms with E-state index in [0.29, 0.717) is 0 Å². The Morgan fingerprint density at radius 2 is 1.90 bits per heavy atom. The SMILES string of the molecule is CC(=O)NC(CC(=O)NCC(F)(F)CN)c1ccccc1. The first kappa shape index (κ1) is 17.0. The molecule has 2 amide bonds. The van der Waals surface area contributed by atoms with Crippen molar-refractivity contribution in [1.29, 1.82) is 0 Å². The van der Waals surface area contributed by atoms with Crippen LogP contribution in [0.25, 0.3) is 0 Å². The maximum atomic E-state index is 13.0. The van der Waals surface area contributed by atoms with Crippen molar-refractivity contribution in [3.8, 4) is 0 Å². The summed E-state index contributed by atoms with van der Waals surface area (Å²) >= 11 is 0. The lowest BCUT2D eigenvalue weighted by Gasteiger charge is -2.19. The van der Waals surface area contributed by atoms with Crippen LogP contribution in [0.5, 0.6) is 0 Å². The van der Waals surface area contributed by atoms with Gasteiger partial charge in [0.25, 0.3) is 5.92 Å². The van der Waals surface area contributed by atoms with Crippen molar-refractivity contribution in [1.82, 2.24) is 10.6 Å². The second-order valence-electron chi connectivity index (χ2n) is 4.70. The van der Waals surface area contributed by atoms with Crippen LogP contribution in [-0.2, 0) is 9.59 Å². The van der Waals surface area contributed by atoms with Gasteiger partial charge in [-0.25, -0.2) is 8.78 Å². The topological polar surface area (TPSA) is 84.2 Å². The maximum absolute atomic E-state index is 13.0. The summed E-state index contributed by atoms with van der Waals surface area (Å²) in [7, 11) is 0. The number of hydrogen-bond acceptors (Lipinski definition) is 3. The number of alkyl halides is 2. The smallest absolute Gasteiger partial charge is 0.277 e. The zero-order valence-electron chi connectivity index (χ0n) is 11.7. The van der Waals surface area contributed by atoms with E-state index in [9.17, 15) is 18.4 Å². The van der Waals surface area contributed by atoms with E-state index in [-0.39, 0.29) is 12.3 Å². The Morgan fingerprint density at radius 1 is 1.29 bits per heavy atom. The van der Waals surface area contributed by atoms with E-state index in [0.717, 1.165) is 5.56 Å². The summed E-state index contributed by atoms with van der Waals surface area (Å²) in [6.45, 7) is -0.318. The molecule has 7 heteroatoms. The highest BCUT2D eigenvalue weighted by atomic mass is 19.3. The summed E-state index contributed by atoms with van der Waals surface area (Å²) in [5, 5.41) is 4.75. The molecule has 0 radical (unpaired) electrons. The Labute approximate surface area is 121 Å². The minimum absolute atomic E-state index is 0.121. The van der Waals surface area contributed by atoms with Crippen LogP contribution in [0.3, 0.4) is 0 Å². The molecule has 0 fully saturated rings. The van der Waals surface area contributed by atoms with Crippen LogP contribution >= 0.6 is 0 Å². The van der Waals surface area contributed by atoms with Gasteiger partial charge in [0.05, 0.1) is 25.6 Å². The molecule has 0 aliphatic heterocycles. The highest BCUT2D eigenvalue weighted by molar-refractivity contribution is 5.79. The second kappa shape index (κ2) is 7.68. The average molecular weight is 299 g/mol. The zero-order valence-corrected chi connectivity index (χ0v) is 11.7. The number of rotatable bonds is 7. The van der Waals surface area contributed by atoms with Gasteiger partial charge in [0.2, 0.25) is 11.8 Å². The molecule has 5 nitrogen and oxygen atoms in total. The number of nitrogens with one attached hydrogen (secondary N) is 2. The molecular weight excluding hydrogens is 280 g/mol. The summed E-state index contributed by atoms with van der Waals surface area (Å²) in [6.07, 6.45) is -0.121. The third-order valence-electron chi connectivity index (χ3n) is 2.81. The molecule has 1 aromatic carbocycles. The molecule has 0 aliphatic carbocycles. The van der Waals surface area contributed by atoms with E-state index in [1.54, 1.807) is 30.3 Å². The molecular formula is C14H19F2N3O2. The molecule has 1 atom stereocenters. The second-order valence-corrected chi connectivity index (χ2v) is 4.70. The summed E-state index contributed by atoms with van der Waals surface area (Å²) < 4.78 is 25.9. The molecule has 0 aliphatic rings. The lowest BCUT2D eigenvalue weighted by atomic mass is 10.0. The molecule has 0 bridgehead atoms. The molecule has 4 N–H and O–H groups in total.